The molecule has 1 atom stereocenters. The monoisotopic (exact) mass is 401 g/mol. The van der Waals surface area contributed by atoms with Crippen molar-refractivity contribution in [3.05, 3.63) is 48.0 Å². The molecule has 4 rings (SSSR count). The number of carbonyl (C=O) groups is 1. The number of phenolic OH excluding ortho intramolecular Hbond substituents is 1. The quantitative estimate of drug-likeness (QED) is 0.457. The number of fused-ring (bicyclic) bond motifs is 1. The minimum atomic E-state index is -1.20. The van der Waals surface area contributed by atoms with Crippen LogP contribution in [0.1, 0.15) is 5.56 Å². The van der Waals surface area contributed by atoms with Crippen molar-refractivity contribution in [1.29, 1.82) is 0 Å². The van der Waals surface area contributed by atoms with Gasteiger partial charge in [-0.05, 0) is 42.5 Å². The summed E-state index contributed by atoms with van der Waals surface area (Å²) in [6, 6.07) is 12.2. The van der Waals surface area contributed by atoms with Gasteiger partial charge in [0, 0.05) is 10.5 Å². The zero-order chi connectivity index (χ0) is 19.0. The molecule has 0 radical (unpaired) electrons. The van der Waals surface area contributed by atoms with Crippen LogP contribution in [0.15, 0.2) is 52.5 Å². The van der Waals surface area contributed by atoms with E-state index < -0.39 is 10.9 Å². The van der Waals surface area contributed by atoms with Crippen molar-refractivity contribution in [2.75, 3.05) is 12.4 Å². The van der Waals surface area contributed by atoms with Gasteiger partial charge >= 0.3 is 5.91 Å². The molecule has 8 nitrogen and oxygen atoms in total. The number of rotatable bonds is 3. The summed E-state index contributed by atoms with van der Waals surface area (Å²) in [6.45, 7) is 0. The highest BCUT2D eigenvalue weighted by Crippen LogP contribution is 2.46. The van der Waals surface area contributed by atoms with Gasteiger partial charge in [-0.1, -0.05) is 23.9 Å². The van der Waals surface area contributed by atoms with Crippen molar-refractivity contribution in [3.63, 3.8) is 0 Å². The van der Waals surface area contributed by atoms with E-state index >= 15 is 0 Å². The first-order chi connectivity index (χ1) is 13.0. The number of phenols is 1. The number of thioether (sulfide) groups is 1. The van der Waals surface area contributed by atoms with Crippen LogP contribution in [-0.4, -0.2) is 39.5 Å². The molecular formula is C17H15N5O3S2. The van der Waals surface area contributed by atoms with Crippen LogP contribution in [0.4, 0.5) is 5.69 Å². The summed E-state index contributed by atoms with van der Waals surface area (Å²) in [5.74, 6) is 0.365. The number of thiocarbonyl (C=S) groups is 1. The van der Waals surface area contributed by atoms with Gasteiger partial charge in [0.05, 0.1) is 19.0 Å². The molecular weight excluding hydrogens is 386 g/mol. The maximum atomic E-state index is 13.1. The molecule has 0 aromatic heterocycles. The molecule has 2 heterocycles. The molecule has 2 aromatic carbocycles. The number of ether oxygens (including phenoxy) is 1. The number of hydrazine groups is 1. The predicted molar refractivity (Wildman–Crippen MR) is 107 cm³/mol. The zero-order valence-electron chi connectivity index (χ0n) is 14.1. The number of amides is 1. The highest BCUT2D eigenvalue weighted by molar-refractivity contribution is 8.02. The largest absolute Gasteiger partial charge is 0.507 e. The van der Waals surface area contributed by atoms with Crippen molar-refractivity contribution < 1.29 is 14.6 Å². The number of nitrogens with zero attached hydrogens (tertiary/aromatic N) is 2. The minimum Gasteiger partial charge on any atom is -0.507 e. The van der Waals surface area contributed by atoms with Gasteiger partial charge < -0.3 is 15.2 Å². The van der Waals surface area contributed by atoms with Gasteiger partial charge in [-0.3, -0.25) is 10.2 Å². The summed E-state index contributed by atoms with van der Waals surface area (Å²) in [6.07, 6.45) is 1.38. The smallest absolute Gasteiger partial charge is 0.303 e. The average molecular weight is 401 g/mol. The zero-order valence-corrected chi connectivity index (χ0v) is 15.7. The van der Waals surface area contributed by atoms with Crippen molar-refractivity contribution in [1.82, 2.24) is 15.9 Å². The Morgan fingerprint density at radius 1 is 1.33 bits per heavy atom. The number of benzene rings is 2. The van der Waals surface area contributed by atoms with E-state index in [4.69, 9.17) is 17.0 Å². The Bertz CT molecular complexity index is 967. The molecule has 10 heteroatoms. The van der Waals surface area contributed by atoms with Crippen LogP contribution in [0.5, 0.6) is 11.5 Å². The summed E-state index contributed by atoms with van der Waals surface area (Å²) >= 11 is 6.48. The van der Waals surface area contributed by atoms with E-state index in [1.807, 2.05) is 18.2 Å². The van der Waals surface area contributed by atoms with Crippen LogP contribution in [0, 0.1) is 0 Å². The number of para-hydroxylation sites is 1. The minimum absolute atomic E-state index is 0.0605. The second-order valence-corrected chi connectivity index (χ2v) is 7.39. The van der Waals surface area contributed by atoms with Crippen molar-refractivity contribution in [2.24, 2.45) is 5.10 Å². The second kappa shape index (κ2) is 6.72. The Balaban J connectivity index is 1.61. The van der Waals surface area contributed by atoms with Gasteiger partial charge in [-0.2, -0.15) is 15.5 Å². The van der Waals surface area contributed by atoms with E-state index in [1.54, 1.807) is 25.3 Å². The number of anilines is 1. The predicted octanol–water partition coefficient (Wildman–Crippen LogP) is 1.83. The lowest BCUT2D eigenvalue weighted by Gasteiger charge is -2.37. The molecule has 2 aliphatic heterocycles. The van der Waals surface area contributed by atoms with Gasteiger partial charge in [-0.25, -0.2) is 0 Å². The molecule has 1 spiro atoms. The van der Waals surface area contributed by atoms with Gasteiger partial charge in [0.15, 0.2) is 0 Å². The first kappa shape index (κ1) is 17.6. The Labute approximate surface area is 164 Å². The number of aromatic hydroxyl groups is 1. The lowest BCUT2D eigenvalue weighted by atomic mass is 10.2. The lowest BCUT2D eigenvalue weighted by Crippen LogP contribution is -2.70. The van der Waals surface area contributed by atoms with Crippen LogP contribution in [0.25, 0.3) is 0 Å². The van der Waals surface area contributed by atoms with Crippen LogP contribution < -0.4 is 20.9 Å². The van der Waals surface area contributed by atoms with Gasteiger partial charge in [0.25, 0.3) is 0 Å². The third-order valence-electron chi connectivity index (χ3n) is 4.04. The van der Waals surface area contributed by atoms with Gasteiger partial charge in [-0.15, -0.1) is 0 Å². The summed E-state index contributed by atoms with van der Waals surface area (Å²) in [5.41, 5.74) is 6.99. The van der Waals surface area contributed by atoms with Crippen LogP contribution in [0.2, 0.25) is 0 Å². The third kappa shape index (κ3) is 3.07. The molecule has 1 amide bonds. The van der Waals surface area contributed by atoms with Gasteiger partial charge in [0.2, 0.25) is 10.1 Å². The van der Waals surface area contributed by atoms with E-state index in [0.29, 0.717) is 11.3 Å². The highest BCUT2D eigenvalue weighted by Gasteiger charge is 2.51. The first-order valence-corrected chi connectivity index (χ1v) is 9.14. The summed E-state index contributed by atoms with van der Waals surface area (Å²) < 4.78 is 5.24. The van der Waals surface area contributed by atoms with Gasteiger partial charge in [0.1, 0.15) is 11.5 Å². The number of methoxy groups -OCH3 is 1. The van der Waals surface area contributed by atoms with E-state index in [1.165, 1.54) is 24.0 Å². The number of nitrogens with one attached hydrogen (secondary N) is 3. The molecule has 1 saturated heterocycles. The fourth-order valence-electron chi connectivity index (χ4n) is 2.66. The third-order valence-corrected chi connectivity index (χ3v) is 5.56. The molecule has 27 heavy (non-hydrogen) atoms. The number of hydrogen-bond acceptors (Lipinski definition) is 8. The first-order valence-electron chi connectivity index (χ1n) is 7.91. The fourth-order valence-corrected chi connectivity index (χ4v) is 4.01. The normalized spacial score (nSPS) is 21.3. The van der Waals surface area contributed by atoms with Crippen molar-refractivity contribution in [3.8, 4) is 11.5 Å². The lowest BCUT2D eigenvalue weighted by molar-refractivity contribution is -0.131. The molecule has 0 aliphatic carbocycles. The van der Waals surface area contributed by atoms with Crippen LogP contribution >= 0.6 is 24.0 Å². The maximum Gasteiger partial charge on any atom is 0.303 e. The molecule has 1 fully saturated rings. The van der Waals surface area contributed by atoms with Crippen LogP contribution in [0.3, 0.4) is 0 Å². The molecule has 2 aliphatic rings. The summed E-state index contributed by atoms with van der Waals surface area (Å²) in [5, 5.41) is 18.4. The number of carbonyl (C=O) groups excluding carboxylic acids is 1. The van der Waals surface area contributed by atoms with E-state index in [2.05, 4.69) is 21.3 Å². The highest BCUT2D eigenvalue weighted by atomic mass is 32.2. The Kier molecular flexibility index (Phi) is 4.38. The molecule has 1 unspecified atom stereocenters. The summed E-state index contributed by atoms with van der Waals surface area (Å²) in [4.78, 5) is 12.8. The number of hydrazone groups is 1. The molecule has 2 aromatic rings. The number of hydrogen-bond donors (Lipinski definition) is 4. The standard InChI is InChI=1S/C17H15N5O3S2/c1-25-11-6-7-12-14(8-11)27-17(19-12)15(24)22(16(26)20-21-17)18-9-10-4-2-3-5-13(10)23/h2-9,19,21,23H,1H3,(H,20,26)/b18-9+. The van der Waals surface area contributed by atoms with E-state index in [9.17, 15) is 9.90 Å². The molecule has 0 bridgehead atoms. The average Bonchev–Trinajstić information content (AvgIpc) is 3.05. The topological polar surface area (TPSA) is 98.2 Å². The second-order valence-electron chi connectivity index (χ2n) is 5.75. The fraction of sp³-hybridized carbons (Fsp3) is 0.118. The SMILES string of the molecule is COc1ccc2c(c1)SC1(NNC(=S)N(/N=C/c3ccccc3O)C1=O)N2. The van der Waals surface area contributed by atoms with Crippen molar-refractivity contribution in [2.45, 2.75) is 9.89 Å². The Morgan fingerprint density at radius 3 is 2.93 bits per heavy atom. The van der Waals surface area contributed by atoms with Crippen molar-refractivity contribution >= 4 is 46.9 Å². The maximum absolute atomic E-state index is 13.1. The molecule has 138 valence electrons. The molecule has 4 N–H and O–H groups in total. The Hall–Kier alpha value is -2.82. The van der Waals surface area contributed by atoms with E-state index in [0.717, 1.165) is 15.6 Å². The van der Waals surface area contributed by atoms with E-state index in [-0.39, 0.29) is 10.9 Å². The summed E-state index contributed by atoms with van der Waals surface area (Å²) in [7, 11) is 1.59. The molecule has 0 saturated carbocycles. The van der Waals surface area contributed by atoms with Crippen LogP contribution in [-0.2, 0) is 4.79 Å². The Morgan fingerprint density at radius 2 is 2.15 bits per heavy atom.